The molecule has 0 aliphatic carbocycles. The van der Waals surface area contributed by atoms with Crippen LogP contribution < -0.4 is 0 Å². The van der Waals surface area contributed by atoms with Crippen molar-refractivity contribution in [1.29, 1.82) is 0 Å². The van der Waals surface area contributed by atoms with Crippen LogP contribution in [0.2, 0.25) is 0 Å². The topological polar surface area (TPSA) is 52.6 Å². The molecule has 0 bridgehead atoms. The molecule has 0 saturated carbocycles. The molecule has 4 nitrogen and oxygen atoms in total. The van der Waals surface area contributed by atoms with E-state index in [-0.39, 0.29) is 17.9 Å². The van der Waals surface area contributed by atoms with Crippen molar-refractivity contribution in [2.24, 2.45) is 11.8 Å². The number of methoxy groups -OCH3 is 2. The molecule has 0 radical (unpaired) electrons. The van der Waals surface area contributed by atoms with Crippen molar-refractivity contribution < 1.29 is 19.1 Å². The maximum Gasteiger partial charge on any atom is 0.308 e. The number of hydrogen-bond acceptors (Lipinski definition) is 4. The predicted octanol–water partition coefficient (Wildman–Crippen LogP) is 2.17. The highest BCUT2D eigenvalue weighted by Crippen LogP contribution is 2.18. The summed E-state index contributed by atoms with van der Waals surface area (Å²) in [6.45, 7) is 3.94. The molecule has 0 N–H and O–H groups in total. The number of carbonyl (C=O) groups is 2. The molecule has 16 heavy (non-hydrogen) atoms. The maximum atomic E-state index is 11.2. The van der Waals surface area contributed by atoms with E-state index in [0.717, 1.165) is 19.3 Å². The van der Waals surface area contributed by atoms with Gasteiger partial charge in [-0.1, -0.05) is 20.3 Å². The zero-order chi connectivity index (χ0) is 12.6. The summed E-state index contributed by atoms with van der Waals surface area (Å²) in [5, 5.41) is 0. The van der Waals surface area contributed by atoms with Crippen molar-refractivity contribution in [3.63, 3.8) is 0 Å². The van der Waals surface area contributed by atoms with Crippen LogP contribution in [-0.4, -0.2) is 26.2 Å². The molecule has 4 heteroatoms. The zero-order valence-corrected chi connectivity index (χ0v) is 10.6. The van der Waals surface area contributed by atoms with Gasteiger partial charge in [0.05, 0.1) is 20.1 Å². The molecule has 0 fully saturated rings. The third-order valence-corrected chi connectivity index (χ3v) is 2.66. The molecule has 0 aromatic carbocycles. The van der Waals surface area contributed by atoms with Gasteiger partial charge in [-0.05, 0) is 18.8 Å². The summed E-state index contributed by atoms with van der Waals surface area (Å²) in [5.41, 5.74) is 0. The first-order valence-electron chi connectivity index (χ1n) is 5.65. The van der Waals surface area contributed by atoms with E-state index in [2.05, 4.69) is 16.4 Å². The fourth-order valence-electron chi connectivity index (χ4n) is 1.72. The molecule has 0 amide bonds. The Morgan fingerprint density at radius 2 is 1.75 bits per heavy atom. The lowest BCUT2D eigenvalue weighted by molar-refractivity contribution is -0.145. The molecule has 0 aromatic rings. The van der Waals surface area contributed by atoms with Gasteiger partial charge >= 0.3 is 11.9 Å². The van der Waals surface area contributed by atoms with Crippen LogP contribution in [0.15, 0.2) is 0 Å². The highest BCUT2D eigenvalue weighted by molar-refractivity contribution is 5.71. The second kappa shape index (κ2) is 8.13. The predicted molar refractivity (Wildman–Crippen MR) is 60.8 cm³/mol. The Balaban J connectivity index is 3.69. The Kier molecular flexibility index (Phi) is 7.60. The van der Waals surface area contributed by atoms with Gasteiger partial charge in [0, 0.05) is 6.42 Å². The summed E-state index contributed by atoms with van der Waals surface area (Å²) in [5.74, 6) is 0.00455. The van der Waals surface area contributed by atoms with E-state index in [0.29, 0.717) is 12.3 Å². The Hall–Kier alpha value is -1.06. The Bertz CT molecular complexity index is 225. The van der Waals surface area contributed by atoms with Crippen LogP contribution in [0, 0.1) is 11.8 Å². The van der Waals surface area contributed by atoms with Crippen LogP contribution in [0.4, 0.5) is 0 Å². The minimum absolute atomic E-state index is 0.0712. The third kappa shape index (κ3) is 6.43. The van der Waals surface area contributed by atoms with Crippen LogP contribution in [0.25, 0.3) is 0 Å². The smallest absolute Gasteiger partial charge is 0.308 e. The second-order valence-corrected chi connectivity index (χ2v) is 4.23. The molecule has 94 valence electrons. The third-order valence-electron chi connectivity index (χ3n) is 2.66. The summed E-state index contributed by atoms with van der Waals surface area (Å²) in [6, 6.07) is 0. The van der Waals surface area contributed by atoms with Gasteiger partial charge in [0.25, 0.3) is 0 Å². The summed E-state index contributed by atoms with van der Waals surface area (Å²) in [6.07, 6.45) is 2.99. The largest absolute Gasteiger partial charge is 0.469 e. The van der Waals surface area contributed by atoms with Gasteiger partial charge in [-0.2, -0.15) is 0 Å². The number of esters is 2. The quantitative estimate of drug-likeness (QED) is 0.629. The number of carbonyl (C=O) groups excluding carboxylic acids is 2. The molecule has 0 rings (SSSR count). The van der Waals surface area contributed by atoms with Crippen LogP contribution in [0.1, 0.15) is 39.5 Å². The van der Waals surface area contributed by atoms with Crippen molar-refractivity contribution in [1.82, 2.24) is 0 Å². The summed E-state index contributed by atoms with van der Waals surface area (Å²) in [7, 11) is 2.80. The van der Waals surface area contributed by atoms with E-state index >= 15 is 0 Å². The molecule has 0 heterocycles. The van der Waals surface area contributed by atoms with Gasteiger partial charge in [0.2, 0.25) is 0 Å². The average Bonchev–Trinajstić information content (AvgIpc) is 2.27. The summed E-state index contributed by atoms with van der Waals surface area (Å²) < 4.78 is 9.22. The van der Waals surface area contributed by atoms with E-state index in [1.807, 2.05) is 6.92 Å². The second-order valence-electron chi connectivity index (χ2n) is 4.23. The molecule has 0 aliphatic heterocycles. The van der Waals surface area contributed by atoms with Gasteiger partial charge in [0.1, 0.15) is 0 Å². The number of rotatable bonds is 7. The van der Waals surface area contributed by atoms with Crippen molar-refractivity contribution in [3.8, 4) is 0 Å². The zero-order valence-electron chi connectivity index (χ0n) is 10.6. The Morgan fingerprint density at radius 1 is 1.12 bits per heavy atom. The lowest BCUT2D eigenvalue weighted by atomic mass is 9.93. The van der Waals surface area contributed by atoms with Gasteiger partial charge < -0.3 is 9.47 Å². The van der Waals surface area contributed by atoms with Crippen molar-refractivity contribution in [2.45, 2.75) is 39.5 Å². The van der Waals surface area contributed by atoms with Gasteiger partial charge in [-0.25, -0.2) is 0 Å². The molecule has 0 spiro atoms. The van der Waals surface area contributed by atoms with Gasteiger partial charge in [-0.15, -0.1) is 0 Å². The fraction of sp³-hybridized carbons (Fsp3) is 0.833. The first-order chi connectivity index (χ1) is 7.51. The number of ether oxygens (including phenoxy) is 2. The maximum absolute atomic E-state index is 11.2. The Morgan fingerprint density at radius 3 is 2.25 bits per heavy atom. The molecule has 0 aromatic heterocycles. The minimum Gasteiger partial charge on any atom is -0.469 e. The van der Waals surface area contributed by atoms with E-state index in [4.69, 9.17) is 0 Å². The van der Waals surface area contributed by atoms with Gasteiger partial charge in [-0.3, -0.25) is 9.59 Å². The SMILES string of the molecule is COC(=O)CCCC(C)CC(C)C(=O)OC. The fourth-order valence-corrected chi connectivity index (χ4v) is 1.72. The molecule has 2 unspecified atom stereocenters. The molecule has 0 aliphatic rings. The molecule has 2 atom stereocenters. The molecular formula is C12H22O4. The highest BCUT2D eigenvalue weighted by Gasteiger charge is 2.16. The minimum atomic E-state index is -0.173. The van der Waals surface area contributed by atoms with Crippen LogP contribution in [-0.2, 0) is 19.1 Å². The highest BCUT2D eigenvalue weighted by atomic mass is 16.5. The summed E-state index contributed by atoms with van der Waals surface area (Å²) in [4.78, 5) is 22.1. The first kappa shape index (κ1) is 14.9. The summed E-state index contributed by atoms with van der Waals surface area (Å²) >= 11 is 0. The van der Waals surface area contributed by atoms with Crippen LogP contribution in [0.5, 0.6) is 0 Å². The van der Waals surface area contributed by atoms with E-state index in [9.17, 15) is 9.59 Å². The monoisotopic (exact) mass is 230 g/mol. The van der Waals surface area contributed by atoms with Crippen molar-refractivity contribution >= 4 is 11.9 Å². The van der Waals surface area contributed by atoms with E-state index in [1.54, 1.807) is 0 Å². The van der Waals surface area contributed by atoms with Crippen molar-refractivity contribution in [2.75, 3.05) is 14.2 Å². The normalized spacial score (nSPS) is 14.0. The van der Waals surface area contributed by atoms with E-state index in [1.165, 1.54) is 14.2 Å². The van der Waals surface area contributed by atoms with Crippen molar-refractivity contribution in [3.05, 3.63) is 0 Å². The van der Waals surface area contributed by atoms with Crippen LogP contribution >= 0.6 is 0 Å². The lowest BCUT2D eigenvalue weighted by Crippen LogP contribution is -2.15. The molecule has 0 saturated heterocycles. The Labute approximate surface area is 97.3 Å². The average molecular weight is 230 g/mol. The molecular weight excluding hydrogens is 208 g/mol. The van der Waals surface area contributed by atoms with Crippen LogP contribution in [0.3, 0.4) is 0 Å². The number of hydrogen-bond donors (Lipinski definition) is 0. The first-order valence-corrected chi connectivity index (χ1v) is 5.65. The standard InChI is InChI=1S/C12H22O4/c1-9(6-5-7-11(13)15-3)8-10(2)12(14)16-4/h9-10H,5-8H2,1-4H3. The van der Waals surface area contributed by atoms with E-state index < -0.39 is 0 Å². The van der Waals surface area contributed by atoms with Gasteiger partial charge in [0.15, 0.2) is 0 Å². The lowest BCUT2D eigenvalue weighted by Gasteiger charge is -2.15.